The van der Waals surface area contributed by atoms with Gasteiger partial charge in [0.05, 0.1) is 5.69 Å². The predicted octanol–water partition coefficient (Wildman–Crippen LogP) is 16.0. The van der Waals surface area contributed by atoms with E-state index in [0.29, 0.717) is 0 Å². The molecule has 0 aliphatic carbocycles. The van der Waals surface area contributed by atoms with Crippen LogP contribution < -0.4 is 4.90 Å². The van der Waals surface area contributed by atoms with E-state index in [2.05, 4.69) is 217 Å². The summed E-state index contributed by atoms with van der Waals surface area (Å²) in [5.74, 6) is 0. The lowest BCUT2D eigenvalue weighted by Crippen LogP contribution is -2.11. The first-order valence-corrected chi connectivity index (χ1v) is 19.8. The van der Waals surface area contributed by atoms with Gasteiger partial charge in [-0.25, -0.2) is 0 Å². The fourth-order valence-corrected chi connectivity index (χ4v) is 8.79. The summed E-state index contributed by atoms with van der Waals surface area (Å²) in [7, 11) is 0. The zero-order valence-corrected chi connectivity index (χ0v) is 31.7. The highest BCUT2D eigenvalue weighted by Crippen LogP contribution is 2.46. The second kappa shape index (κ2) is 14.1. The third-order valence-electron chi connectivity index (χ3n) is 11.5. The standard InChI is InChI=1S/C56H37NO/c1-3-21-44-38(15-1)17-12-27-46(44)41-19-11-20-43(37-41)57(42-35-33-40(34-36-42)47-28-14-30-53-52-26-8-10-32-55(52)58-56(47)53)54-31-9-7-25-51(54)50-24-6-5-23-49(50)48-29-13-18-39-16-2-4-22-45(39)48/h1-37H. The maximum absolute atomic E-state index is 6.47. The van der Waals surface area contributed by atoms with Crippen molar-refractivity contribution in [1.29, 1.82) is 0 Å². The Morgan fingerprint density at radius 1 is 0.293 bits per heavy atom. The van der Waals surface area contributed by atoms with Crippen molar-refractivity contribution in [2.45, 2.75) is 0 Å². The first-order valence-electron chi connectivity index (χ1n) is 19.8. The van der Waals surface area contributed by atoms with Crippen molar-refractivity contribution < 1.29 is 4.42 Å². The molecule has 0 saturated carbocycles. The molecule has 0 unspecified atom stereocenters. The number of rotatable bonds is 7. The van der Waals surface area contributed by atoms with Gasteiger partial charge >= 0.3 is 0 Å². The van der Waals surface area contributed by atoms with Crippen molar-refractivity contribution in [3.05, 3.63) is 224 Å². The maximum atomic E-state index is 6.47. The summed E-state index contributed by atoms with van der Waals surface area (Å²) in [6.45, 7) is 0. The fraction of sp³-hybridized carbons (Fsp3) is 0. The van der Waals surface area contributed by atoms with E-state index in [1.165, 1.54) is 49.4 Å². The highest BCUT2D eigenvalue weighted by Gasteiger charge is 2.21. The van der Waals surface area contributed by atoms with Gasteiger partial charge < -0.3 is 9.32 Å². The summed E-state index contributed by atoms with van der Waals surface area (Å²) in [5, 5.41) is 7.20. The number of para-hydroxylation sites is 3. The Labute approximate surface area is 337 Å². The second-order valence-electron chi connectivity index (χ2n) is 14.8. The molecule has 0 aliphatic rings. The summed E-state index contributed by atoms with van der Waals surface area (Å²) in [5.41, 5.74) is 14.4. The van der Waals surface area contributed by atoms with Crippen LogP contribution in [0.3, 0.4) is 0 Å². The molecule has 0 bridgehead atoms. The molecule has 0 fully saturated rings. The van der Waals surface area contributed by atoms with Crippen molar-refractivity contribution in [2.75, 3.05) is 4.90 Å². The average molecular weight is 740 g/mol. The van der Waals surface area contributed by atoms with Gasteiger partial charge in [-0.05, 0) is 91.3 Å². The van der Waals surface area contributed by atoms with E-state index in [1.807, 2.05) is 12.1 Å². The molecular weight excluding hydrogens is 703 g/mol. The van der Waals surface area contributed by atoms with Gasteiger partial charge in [-0.3, -0.25) is 0 Å². The smallest absolute Gasteiger partial charge is 0.143 e. The van der Waals surface area contributed by atoms with Gasteiger partial charge in [0.2, 0.25) is 0 Å². The van der Waals surface area contributed by atoms with Gasteiger partial charge in [0.25, 0.3) is 0 Å². The van der Waals surface area contributed by atoms with E-state index in [4.69, 9.17) is 4.42 Å². The molecule has 2 heteroatoms. The first-order chi connectivity index (χ1) is 28.8. The molecule has 0 amide bonds. The number of benzene rings is 10. The minimum atomic E-state index is 0.902. The number of furan rings is 1. The average Bonchev–Trinajstić information content (AvgIpc) is 3.68. The van der Waals surface area contributed by atoms with E-state index in [0.717, 1.165) is 55.7 Å². The maximum Gasteiger partial charge on any atom is 0.143 e. The van der Waals surface area contributed by atoms with Crippen LogP contribution in [0.1, 0.15) is 0 Å². The SMILES string of the molecule is c1cc(-c2cccc3ccccc23)cc(N(c2ccc(-c3cccc4c3oc3ccccc34)cc2)c2ccccc2-c2ccccc2-c2cccc3ccccc23)c1. The fourth-order valence-electron chi connectivity index (χ4n) is 8.79. The number of anilines is 3. The van der Waals surface area contributed by atoms with Crippen molar-refractivity contribution in [1.82, 2.24) is 0 Å². The lowest BCUT2D eigenvalue weighted by Gasteiger charge is -2.29. The van der Waals surface area contributed by atoms with Crippen LogP contribution >= 0.6 is 0 Å². The monoisotopic (exact) mass is 739 g/mol. The van der Waals surface area contributed by atoms with E-state index < -0.39 is 0 Å². The van der Waals surface area contributed by atoms with Gasteiger partial charge in [-0.15, -0.1) is 0 Å². The highest BCUT2D eigenvalue weighted by atomic mass is 16.3. The van der Waals surface area contributed by atoms with Crippen LogP contribution in [-0.2, 0) is 0 Å². The van der Waals surface area contributed by atoms with Gasteiger partial charge in [-0.2, -0.15) is 0 Å². The quantitative estimate of drug-likeness (QED) is 0.162. The second-order valence-corrected chi connectivity index (χ2v) is 14.8. The minimum absolute atomic E-state index is 0.902. The molecule has 1 aromatic heterocycles. The normalized spacial score (nSPS) is 11.4. The van der Waals surface area contributed by atoms with Crippen LogP contribution in [0.25, 0.3) is 88.0 Å². The van der Waals surface area contributed by atoms with Gasteiger partial charge in [0.1, 0.15) is 11.2 Å². The molecule has 58 heavy (non-hydrogen) atoms. The van der Waals surface area contributed by atoms with Crippen LogP contribution in [0.15, 0.2) is 229 Å². The molecule has 2 nitrogen and oxygen atoms in total. The number of hydrogen-bond acceptors (Lipinski definition) is 2. The molecule has 11 aromatic rings. The first kappa shape index (κ1) is 33.6. The topological polar surface area (TPSA) is 16.4 Å². The Morgan fingerprint density at radius 3 is 1.59 bits per heavy atom. The zero-order valence-electron chi connectivity index (χ0n) is 31.7. The molecule has 0 radical (unpaired) electrons. The Morgan fingerprint density at radius 2 is 0.810 bits per heavy atom. The molecule has 1 heterocycles. The summed E-state index contributed by atoms with van der Waals surface area (Å²) in [6, 6.07) is 80.7. The predicted molar refractivity (Wildman–Crippen MR) is 245 cm³/mol. The molecule has 0 spiro atoms. The molecule has 272 valence electrons. The van der Waals surface area contributed by atoms with Crippen molar-refractivity contribution in [2.24, 2.45) is 0 Å². The van der Waals surface area contributed by atoms with Crippen LogP contribution in [0, 0.1) is 0 Å². The molecule has 11 rings (SSSR count). The Bertz CT molecular complexity index is 3290. The number of fused-ring (bicyclic) bond motifs is 5. The third-order valence-corrected chi connectivity index (χ3v) is 11.5. The molecule has 0 aliphatic heterocycles. The lowest BCUT2D eigenvalue weighted by molar-refractivity contribution is 0.670. The molecule has 0 atom stereocenters. The zero-order chi connectivity index (χ0) is 38.4. The largest absolute Gasteiger partial charge is 0.455 e. The van der Waals surface area contributed by atoms with Crippen LogP contribution in [-0.4, -0.2) is 0 Å². The Hall–Kier alpha value is -7.68. The number of hydrogen-bond donors (Lipinski definition) is 0. The molecule has 0 saturated heterocycles. The molecule has 0 N–H and O–H groups in total. The Balaban J connectivity index is 1.10. The van der Waals surface area contributed by atoms with Crippen molar-refractivity contribution in [3.8, 4) is 44.5 Å². The van der Waals surface area contributed by atoms with Crippen LogP contribution in [0.4, 0.5) is 17.1 Å². The number of nitrogens with zero attached hydrogens (tertiary/aromatic N) is 1. The summed E-state index contributed by atoms with van der Waals surface area (Å²) >= 11 is 0. The van der Waals surface area contributed by atoms with E-state index in [-0.39, 0.29) is 0 Å². The van der Waals surface area contributed by atoms with Gasteiger partial charge in [0.15, 0.2) is 0 Å². The van der Waals surface area contributed by atoms with Crippen LogP contribution in [0.2, 0.25) is 0 Å². The van der Waals surface area contributed by atoms with E-state index >= 15 is 0 Å². The van der Waals surface area contributed by atoms with Gasteiger partial charge in [0, 0.05) is 33.3 Å². The third kappa shape index (κ3) is 5.74. The lowest BCUT2D eigenvalue weighted by atomic mass is 9.90. The summed E-state index contributed by atoms with van der Waals surface area (Å²) in [4.78, 5) is 2.41. The summed E-state index contributed by atoms with van der Waals surface area (Å²) in [6.07, 6.45) is 0. The minimum Gasteiger partial charge on any atom is -0.455 e. The summed E-state index contributed by atoms with van der Waals surface area (Å²) < 4.78 is 6.47. The molecular formula is C56H37NO. The van der Waals surface area contributed by atoms with Crippen molar-refractivity contribution >= 4 is 60.5 Å². The van der Waals surface area contributed by atoms with Crippen molar-refractivity contribution in [3.63, 3.8) is 0 Å². The Kier molecular flexibility index (Phi) is 8.19. The van der Waals surface area contributed by atoms with E-state index in [1.54, 1.807) is 0 Å². The van der Waals surface area contributed by atoms with E-state index in [9.17, 15) is 0 Å². The highest BCUT2D eigenvalue weighted by molar-refractivity contribution is 6.10. The van der Waals surface area contributed by atoms with Gasteiger partial charge in [-0.1, -0.05) is 188 Å². The van der Waals surface area contributed by atoms with Crippen LogP contribution in [0.5, 0.6) is 0 Å². The molecule has 10 aromatic carbocycles.